The molecule has 1 saturated carbocycles. The van der Waals surface area contributed by atoms with E-state index in [0.29, 0.717) is 6.54 Å². The van der Waals surface area contributed by atoms with Crippen LogP contribution in [0.25, 0.3) is 11.1 Å². The van der Waals surface area contributed by atoms with E-state index in [-0.39, 0.29) is 17.9 Å². The number of rotatable bonds is 8. The topological polar surface area (TPSA) is 75.3 Å². The number of benzene rings is 2. The molecular weight excluding hydrogens is 396 g/mol. The van der Waals surface area contributed by atoms with E-state index in [1.54, 1.807) is 13.8 Å². The van der Waals surface area contributed by atoms with Gasteiger partial charge in [0.05, 0.1) is 5.25 Å². The van der Waals surface area contributed by atoms with Crippen molar-refractivity contribution >= 4 is 15.9 Å². The van der Waals surface area contributed by atoms with E-state index in [0.717, 1.165) is 36.8 Å². The molecule has 2 aromatic carbocycles. The quantitative estimate of drug-likeness (QED) is 0.667. The predicted octanol–water partition coefficient (Wildman–Crippen LogP) is 4.00. The summed E-state index contributed by atoms with van der Waals surface area (Å²) in [7, 11) is -3.26. The number of carbonyl (C=O) groups excluding carboxylic acids is 1. The molecule has 2 N–H and O–H groups in total. The Balaban J connectivity index is 1.66. The summed E-state index contributed by atoms with van der Waals surface area (Å²) in [5.41, 5.74) is 4.67. The third-order valence-electron chi connectivity index (χ3n) is 5.87. The summed E-state index contributed by atoms with van der Waals surface area (Å²) in [6.45, 7) is 5.60. The zero-order valence-corrected chi connectivity index (χ0v) is 18.8. The summed E-state index contributed by atoms with van der Waals surface area (Å²) < 4.78 is 27.5. The third kappa shape index (κ3) is 5.70. The Morgan fingerprint density at radius 2 is 1.60 bits per heavy atom. The second kappa shape index (κ2) is 9.75. The second-order valence-corrected chi connectivity index (χ2v) is 10.7. The van der Waals surface area contributed by atoms with E-state index in [2.05, 4.69) is 58.6 Å². The highest BCUT2D eigenvalue weighted by Crippen LogP contribution is 2.36. The normalized spacial score (nSPS) is 19.2. The molecule has 5 nitrogen and oxygen atoms in total. The molecule has 162 valence electrons. The van der Waals surface area contributed by atoms with E-state index in [4.69, 9.17) is 0 Å². The lowest BCUT2D eigenvalue weighted by Crippen LogP contribution is -2.40. The Morgan fingerprint density at radius 3 is 2.17 bits per heavy atom. The number of nitrogens with one attached hydrogen (secondary N) is 2. The number of carbonyl (C=O) groups is 1. The monoisotopic (exact) mass is 428 g/mol. The van der Waals surface area contributed by atoms with Crippen LogP contribution in [0.15, 0.2) is 48.5 Å². The van der Waals surface area contributed by atoms with Crippen molar-refractivity contribution in [1.82, 2.24) is 10.0 Å². The Kier molecular flexibility index (Phi) is 7.32. The van der Waals surface area contributed by atoms with E-state index >= 15 is 0 Å². The van der Waals surface area contributed by atoms with Gasteiger partial charge in [-0.3, -0.25) is 4.79 Å². The summed E-state index contributed by atoms with van der Waals surface area (Å²) in [6, 6.07) is 16.9. The Hall–Kier alpha value is -2.18. The Labute approximate surface area is 180 Å². The molecule has 2 atom stereocenters. The molecule has 1 fully saturated rings. The minimum absolute atomic E-state index is 0.00628. The van der Waals surface area contributed by atoms with Gasteiger partial charge in [-0.05, 0) is 55.4 Å². The molecule has 1 amide bonds. The number of hydrogen-bond acceptors (Lipinski definition) is 3. The number of hydrogen-bond donors (Lipinski definition) is 2. The summed E-state index contributed by atoms with van der Waals surface area (Å²) in [5.74, 6) is 0.219. The van der Waals surface area contributed by atoms with Gasteiger partial charge in [0, 0.05) is 25.4 Å². The van der Waals surface area contributed by atoms with E-state index in [9.17, 15) is 13.2 Å². The zero-order chi connectivity index (χ0) is 21.7. The zero-order valence-electron chi connectivity index (χ0n) is 18.0. The molecule has 0 bridgehead atoms. The van der Waals surface area contributed by atoms with Crippen molar-refractivity contribution in [2.45, 2.75) is 63.7 Å². The van der Waals surface area contributed by atoms with Crippen molar-refractivity contribution in [3.63, 3.8) is 0 Å². The van der Waals surface area contributed by atoms with Gasteiger partial charge in [-0.1, -0.05) is 55.0 Å². The van der Waals surface area contributed by atoms with Crippen LogP contribution in [0.1, 0.15) is 57.1 Å². The van der Waals surface area contributed by atoms with Gasteiger partial charge in [-0.25, -0.2) is 13.1 Å². The van der Waals surface area contributed by atoms with Gasteiger partial charge >= 0.3 is 0 Å². The van der Waals surface area contributed by atoms with E-state index < -0.39 is 15.3 Å². The van der Waals surface area contributed by atoms with Crippen molar-refractivity contribution in [1.29, 1.82) is 0 Å². The average molecular weight is 429 g/mol. The highest BCUT2D eigenvalue weighted by molar-refractivity contribution is 7.90. The molecule has 2 aromatic rings. The van der Waals surface area contributed by atoms with Gasteiger partial charge in [-0.2, -0.15) is 0 Å². The first-order valence-corrected chi connectivity index (χ1v) is 12.3. The molecule has 2 unspecified atom stereocenters. The molecule has 0 radical (unpaired) electrons. The third-order valence-corrected chi connectivity index (χ3v) is 7.74. The van der Waals surface area contributed by atoms with Crippen molar-refractivity contribution in [3.05, 3.63) is 59.7 Å². The fourth-order valence-corrected chi connectivity index (χ4v) is 4.99. The highest BCUT2D eigenvalue weighted by Gasteiger charge is 2.32. The predicted molar refractivity (Wildman–Crippen MR) is 122 cm³/mol. The first-order chi connectivity index (χ1) is 14.3. The molecule has 0 heterocycles. The second-order valence-electron chi connectivity index (χ2n) is 8.41. The van der Waals surface area contributed by atoms with E-state index in [1.807, 2.05) is 0 Å². The van der Waals surface area contributed by atoms with Crippen molar-refractivity contribution in [3.8, 4) is 11.1 Å². The van der Waals surface area contributed by atoms with Gasteiger partial charge < -0.3 is 5.32 Å². The van der Waals surface area contributed by atoms with Gasteiger partial charge in [0.25, 0.3) is 0 Å². The molecule has 30 heavy (non-hydrogen) atoms. The maximum absolute atomic E-state index is 12.3. The lowest BCUT2D eigenvalue weighted by molar-refractivity contribution is -0.118. The summed E-state index contributed by atoms with van der Waals surface area (Å²) >= 11 is 0. The molecule has 0 aliphatic heterocycles. The van der Waals surface area contributed by atoms with Crippen LogP contribution < -0.4 is 10.0 Å². The van der Waals surface area contributed by atoms with Crippen molar-refractivity contribution in [2.75, 3.05) is 6.54 Å². The number of sulfonamides is 1. The van der Waals surface area contributed by atoms with Gasteiger partial charge in [0.15, 0.2) is 0 Å². The fourth-order valence-electron chi connectivity index (χ4n) is 4.02. The molecule has 6 heteroatoms. The summed E-state index contributed by atoms with van der Waals surface area (Å²) in [6.07, 6.45) is 3.75. The average Bonchev–Trinajstić information content (AvgIpc) is 3.15. The minimum atomic E-state index is -3.26. The maximum Gasteiger partial charge on any atom is 0.216 e. The number of amides is 1. The van der Waals surface area contributed by atoms with Crippen LogP contribution in [0, 0.1) is 0 Å². The fraction of sp³-hybridized carbons (Fsp3) is 0.458. The van der Waals surface area contributed by atoms with Crippen LogP contribution in [0.4, 0.5) is 0 Å². The molecule has 1 aliphatic rings. The van der Waals surface area contributed by atoms with E-state index in [1.165, 1.54) is 18.1 Å². The van der Waals surface area contributed by atoms with Crippen molar-refractivity contribution < 1.29 is 13.2 Å². The molecule has 0 spiro atoms. The smallest absolute Gasteiger partial charge is 0.216 e. The molecule has 3 rings (SSSR count). The maximum atomic E-state index is 12.3. The Morgan fingerprint density at radius 1 is 1.00 bits per heavy atom. The van der Waals surface area contributed by atoms with Crippen LogP contribution in [-0.4, -0.2) is 32.2 Å². The van der Waals surface area contributed by atoms with Crippen molar-refractivity contribution in [2.24, 2.45) is 0 Å². The molecule has 0 saturated heterocycles. The van der Waals surface area contributed by atoms with Crippen LogP contribution in [0.2, 0.25) is 0 Å². The molecule has 1 aliphatic carbocycles. The van der Waals surface area contributed by atoms with Crippen LogP contribution >= 0.6 is 0 Å². The first kappa shape index (κ1) is 22.5. The van der Waals surface area contributed by atoms with Crippen LogP contribution in [0.3, 0.4) is 0 Å². The lowest BCUT2D eigenvalue weighted by Gasteiger charge is -2.23. The summed E-state index contributed by atoms with van der Waals surface area (Å²) in [5, 5.41) is 2.40. The largest absolute Gasteiger partial charge is 0.356 e. The standard InChI is InChI=1S/C24H32N2O3S/c1-17(2)30(28,29)26-24-6-4-5-23(24)22-13-11-21(12-14-22)20-9-7-19(8-10-20)15-16-25-18(3)27/h7-14,17,23-24,26H,4-6,15-16H2,1-3H3,(H,25,27). The van der Waals surface area contributed by atoms with Crippen LogP contribution in [0.5, 0.6) is 0 Å². The minimum Gasteiger partial charge on any atom is -0.356 e. The first-order valence-electron chi connectivity index (χ1n) is 10.7. The van der Waals surface area contributed by atoms with Gasteiger partial charge in [0.1, 0.15) is 0 Å². The molecular formula is C24H32N2O3S. The Bertz CT molecular complexity index is 951. The van der Waals surface area contributed by atoms with Crippen LogP contribution in [-0.2, 0) is 21.2 Å². The van der Waals surface area contributed by atoms with Gasteiger partial charge in [-0.15, -0.1) is 0 Å². The lowest BCUT2D eigenvalue weighted by atomic mass is 9.92. The highest BCUT2D eigenvalue weighted by atomic mass is 32.2. The molecule has 0 aromatic heterocycles. The summed E-state index contributed by atoms with van der Waals surface area (Å²) in [4.78, 5) is 11.0. The van der Waals surface area contributed by atoms with Gasteiger partial charge in [0.2, 0.25) is 15.9 Å². The SMILES string of the molecule is CC(=O)NCCc1ccc(-c2ccc(C3CCCC3NS(=O)(=O)C(C)C)cc2)cc1.